The molecule has 0 spiro atoms. The molecule has 2 rings (SSSR count). The van der Waals surface area contributed by atoms with Gasteiger partial charge in [-0.2, -0.15) is 0 Å². The van der Waals surface area contributed by atoms with Crippen LogP contribution in [0.2, 0.25) is 0 Å². The summed E-state index contributed by atoms with van der Waals surface area (Å²) in [5, 5.41) is 2.96. The molecular formula is C17H17NO5S. The molecule has 0 saturated heterocycles. The van der Waals surface area contributed by atoms with E-state index >= 15 is 0 Å². The van der Waals surface area contributed by atoms with E-state index in [0.29, 0.717) is 5.00 Å². The Morgan fingerprint density at radius 2 is 1.83 bits per heavy atom. The average molecular weight is 347 g/mol. The number of benzene rings is 1. The molecule has 0 radical (unpaired) electrons. The Morgan fingerprint density at radius 1 is 1.12 bits per heavy atom. The highest BCUT2D eigenvalue weighted by atomic mass is 32.1. The Bertz CT molecular complexity index is 739. The van der Waals surface area contributed by atoms with Gasteiger partial charge < -0.3 is 14.8 Å². The molecule has 126 valence electrons. The van der Waals surface area contributed by atoms with Crippen molar-refractivity contribution in [2.24, 2.45) is 0 Å². The molecule has 0 saturated carbocycles. The van der Waals surface area contributed by atoms with Crippen molar-refractivity contribution < 1.29 is 23.9 Å². The first-order valence-corrected chi connectivity index (χ1v) is 8.12. The van der Waals surface area contributed by atoms with Gasteiger partial charge in [-0.15, -0.1) is 11.3 Å². The van der Waals surface area contributed by atoms with E-state index in [2.05, 4.69) is 10.1 Å². The third kappa shape index (κ3) is 4.66. The van der Waals surface area contributed by atoms with Gasteiger partial charge in [0, 0.05) is 11.8 Å². The summed E-state index contributed by atoms with van der Waals surface area (Å²) in [6.45, 7) is 2.75. The summed E-state index contributed by atoms with van der Waals surface area (Å²) in [5.41, 5.74) is 1.20. The van der Waals surface area contributed by atoms with Crippen LogP contribution in [-0.4, -0.2) is 31.1 Å². The molecule has 1 aromatic carbocycles. The van der Waals surface area contributed by atoms with Gasteiger partial charge in [-0.3, -0.25) is 9.59 Å². The van der Waals surface area contributed by atoms with Gasteiger partial charge in [-0.25, -0.2) is 4.79 Å². The Hall–Kier alpha value is -2.67. The lowest BCUT2D eigenvalue weighted by Gasteiger charge is -2.06. The SMILES string of the molecule is CCOC(=O)c1cc(-c2ccccc2)sc1NC(=O)COC(C)=O. The summed E-state index contributed by atoms with van der Waals surface area (Å²) in [7, 11) is 0. The van der Waals surface area contributed by atoms with Crippen LogP contribution in [-0.2, 0) is 19.1 Å². The van der Waals surface area contributed by atoms with E-state index in [1.54, 1.807) is 13.0 Å². The van der Waals surface area contributed by atoms with Gasteiger partial charge in [0.2, 0.25) is 0 Å². The van der Waals surface area contributed by atoms with Crippen molar-refractivity contribution in [3.8, 4) is 10.4 Å². The van der Waals surface area contributed by atoms with Crippen molar-refractivity contribution >= 4 is 34.2 Å². The Labute approximate surface area is 143 Å². The van der Waals surface area contributed by atoms with E-state index in [1.165, 1.54) is 18.3 Å². The summed E-state index contributed by atoms with van der Waals surface area (Å²) in [6.07, 6.45) is 0. The van der Waals surface area contributed by atoms with Crippen LogP contribution >= 0.6 is 11.3 Å². The second-order valence-corrected chi connectivity index (χ2v) is 5.82. The van der Waals surface area contributed by atoms with Crippen molar-refractivity contribution in [1.82, 2.24) is 0 Å². The standard InChI is InChI=1S/C17H17NO5S/c1-3-22-17(21)13-9-14(12-7-5-4-6-8-12)24-16(13)18-15(20)10-23-11(2)19/h4-9H,3,10H2,1-2H3,(H,18,20). The van der Waals surface area contributed by atoms with E-state index in [0.717, 1.165) is 10.4 Å². The molecule has 2 aromatic rings. The molecule has 1 heterocycles. The van der Waals surface area contributed by atoms with E-state index in [4.69, 9.17) is 4.74 Å². The quantitative estimate of drug-likeness (QED) is 0.812. The third-order valence-electron chi connectivity index (χ3n) is 2.95. The average Bonchev–Trinajstić information content (AvgIpc) is 2.98. The van der Waals surface area contributed by atoms with E-state index in [9.17, 15) is 14.4 Å². The molecule has 0 fully saturated rings. The van der Waals surface area contributed by atoms with E-state index in [1.807, 2.05) is 30.3 Å². The lowest BCUT2D eigenvalue weighted by molar-refractivity contribution is -0.144. The van der Waals surface area contributed by atoms with Gasteiger partial charge in [-0.1, -0.05) is 30.3 Å². The topological polar surface area (TPSA) is 81.7 Å². The highest BCUT2D eigenvalue weighted by Gasteiger charge is 2.20. The second kappa shape index (κ2) is 8.26. The number of hydrogen-bond acceptors (Lipinski definition) is 6. The molecule has 0 atom stereocenters. The Balaban J connectivity index is 2.27. The molecule has 1 amide bonds. The van der Waals surface area contributed by atoms with E-state index < -0.39 is 24.5 Å². The molecule has 1 aromatic heterocycles. The minimum absolute atomic E-state index is 0.232. The number of anilines is 1. The first-order valence-electron chi connectivity index (χ1n) is 7.30. The van der Waals surface area contributed by atoms with Crippen LogP contribution < -0.4 is 5.32 Å². The van der Waals surface area contributed by atoms with E-state index in [-0.39, 0.29) is 12.2 Å². The van der Waals surface area contributed by atoms with Crippen molar-refractivity contribution in [2.45, 2.75) is 13.8 Å². The Kier molecular flexibility index (Phi) is 6.08. The summed E-state index contributed by atoms with van der Waals surface area (Å²) in [5.74, 6) is -1.58. The van der Waals surface area contributed by atoms with Crippen LogP contribution in [0.1, 0.15) is 24.2 Å². The zero-order valence-corrected chi connectivity index (χ0v) is 14.1. The third-order valence-corrected chi connectivity index (χ3v) is 4.04. The molecule has 0 unspecified atom stereocenters. The smallest absolute Gasteiger partial charge is 0.341 e. The first-order chi connectivity index (χ1) is 11.5. The van der Waals surface area contributed by atoms with Crippen molar-refractivity contribution in [1.29, 1.82) is 0 Å². The molecular weight excluding hydrogens is 330 g/mol. The lowest BCUT2D eigenvalue weighted by Crippen LogP contribution is -2.20. The number of carbonyl (C=O) groups excluding carboxylic acids is 3. The number of ether oxygens (including phenoxy) is 2. The predicted octanol–water partition coefficient (Wildman–Crippen LogP) is 3.09. The molecule has 0 bridgehead atoms. The van der Waals surface area contributed by atoms with Gasteiger partial charge in [0.05, 0.1) is 12.2 Å². The van der Waals surface area contributed by atoms with Gasteiger partial charge in [0.15, 0.2) is 6.61 Å². The summed E-state index contributed by atoms with van der Waals surface area (Å²) in [4.78, 5) is 35.6. The summed E-state index contributed by atoms with van der Waals surface area (Å²) < 4.78 is 9.68. The van der Waals surface area contributed by atoms with Crippen LogP contribution in [0.15, 0.2) is 36.4 Å². The minimum Gasteiger partial charge on any atom is -0.462 e. The summed E-state index contributed by atoms with van der Waals surface area (Å²) >= 11 is 1.26. The first kappa shape index (κ1) is 17.7. The normalized spacial score (nSPS) is 10.1. The second-order valence-electron chi connectivity index (χ2n) is 4.77. The maximum absolute atomic E-state index is 12.1. The van der Waals surface area contributed by atoms with Crippen LogP contribution in [0.4, 0.5) is 5.00 Å². The molecule has 7 heteroatoms. The number of hydrogen-bond donors (Lipinski definition) is 1. The van der Waals surface area contributed by atoms with Crippen LogP contribution in [0.3, 0.4) is 0 Å². The maximum Gasteiger partial charge on any atom is 0.341 e. The zero-order chi connectivity index (χ0) is 17.5. The number of nitrogens with one attached hydrogen (secondary N) is 1. The van der Waals surface area contributed by atoms with Crippen molar-refractivity contribution in [2.75, 3.05) is 18.5 Å². The van der Waals surface area contributed by atoms with Gasteiger partial charge >= 0.3 is 11.9 Å². The monoisotopic (exact) mass is 347 g/mol. The highest BCUT2D eigenvalue weighted by Crippen LogP contribution is 2.35. The van der Waals surface area contributed by atoms with Crippen molar-refractivity contribution in [3.63, 3.8) is 0 Å². The molecule has 1 N–H and O–H groups in total. The fourth-order valence-corrected chi connectivity index (χ4v) is 2.99. The highest BCUT2D eigenvalue weighted by molar-refractivity contribution is 7.20. The maximum atomic E-state index is 12.1. The van der Waals surface area contributed by atoms with Gasteiger partial charge in [0.25, 0.3) is 5.91 Å². The fraction of sp³-hybridized carbons (Fsp3) is 0.235. The number of thiophene rings is 1. The number of rotatable bonds is 6. The minimum atomic E-state index is -0.549. The lowest BCUT2D eigenvalue weighted by atomic mass is 10.1. The largest absolute Gasteiger partial charge is 0.462 e. The summed E-state index contributed by atoms with van der Waals surface area (Å²) in [6, 6.07) is 11.2. The fourth-order valence-electron chi connectivity index (χ4n) is 1.92. The predicted molar refractivity (Wildman–Crippen MR) is 91.0 cm³/mol. The number of amides is 1. The molecule has 0 aliphatic carbocycles. The molecule has 0 aliphatic heterocycles. The molecule has 0 aliphatic rings. The molecule has 24 heavy (non-hydrogen) atoms. The zero-order valence-electron chi connectivity index (χ0n) is 13.3. The van der Waals surface area contributed by atoms with Crippen LogP contribution in [0, 0.1) is 0 Å². The number of carbonyl (C=O) groups is 3. The van der Waals surface area contributed by atoms with Crippen LogP contribution in [0.5, 0.6) is 0 Å². The number of esters is 2. The molecule has 6 nitrogen and oxygen atoms in total. The van der Waals surface area contributed by atoms with Gasteiger partial charge in [0.1, 0.15) is 5.00 Å². The van der Waals surface area contributed by atoms with Crippen LogP contribution in [0.25, 0.3) is 10.4 Å². The van der Waals surface area contributed by atoms with Crippen molar-refractivity contribution in [3.05, 3.63) is 42.0 Å². The van der Waals surface area contributed by atoms with Gasteiger partial charge in [-0.05, 0) is 18.6 Å². The Morgan fingerprint density at radius 3 is 2.46 bits per heavy atom.